The first-order valence-corrected chi connectivity index (χ1v) is 17.5. The number of para-hydroxylation sites is 1. The lowest BCUT2D eigenvalue weighted by molar-refractivity contribution is -0.113. The van der Waals surface area contributed by atoms with Crippen molar-refractivity contribution in [3.63, 3.8) is 0 Å². The van der Waals surface area contributed by atoms with Gasteiger partial charge in [0.2, 0.25) is 0 Å². The molecule has 0 saturated heterocycles. The number of methoxy groups -OCH3 is 2. The van der Waals surface area contributed by atoms with Crippen LogP contribution in [-0.4, -0.2) is 35.7 Å². The first kappa shape index (κ1) is 33.8. The number of hydrogen-bond acceptors (Lipinski definition) is 7. The van der Waals surface area contributed by atoms with Crippen LogP contribution in [0.3, 0.4) is 0 Å². The summed E-state index contributed by atoms with van der Waals surface area (Å²) in [6.45, 7) is 6.27. The smallest absolute Gasteiger partial charge is 0.283 e. The molecule has 1 aliphatic heterocycles. The third kappa shape index (κ3) is 6.18. The second-order valence-electron chi connectivity index (χ2n) is 12.9. The third-order valence-electron chi connectivity index (χ3n) is 8.95. The van der Waals surface area contributed by atoms with Gasteiger partial charge in [-0.15, -0.1) is 11.3 Å². The van der Waals surface area contributed by atoms with Crippen LogP contribution in [0.5, 0.6) is 11.5 Å². The lowest BCUT2D eigenvalue weighted by atomic mass is 9.77. The minimum absolute atomic E-state index is 0.248. The van der Waals surface area contributed by atoms with Crippen LogP contribution >= 0.6 is 22.9 Å². The number of thiophene rings is 1. The van der Waals surface area contributed by atoms with Crippen LogP contribution < -0.4 is 14.4 Å². The molecule has 2 aliphatic rings. The maximum Gasteiger partial charge on any atom is 0.283 e. The number of nitriles is 1. The van der Waals surface area contributed by atoms with Gasteiger partial charge in [0.1, 0.15) is 27.8 Å². The summed E-state index contributed by atoms with van der Waals surface area (Å²) < 4.78 is 12.6. The van der Waals surface area contributed by atoms with Crippen molar-refractivity contribution in [1.82, 2.24) is 9.78 Å². The normalized spacial score (nSPS) is 15.9. The fourth-order valence-corrected chi connectivity index (χ4v) is 8.16. The zero-order chi connectivity index (χ0) is 35.9. The van der Waals surface area contributed by atoms with Crippen LogP contribution in [0.4, 0.5) is 5.00 Å². The molecule has 3 heterocycles. The van der Waals surface area contributed by atoms with Crippen molar-refractivity contribution < 1.29 is 14.3 Å². The van der Waals surface area contributed by atoms with Gasteiger partial charge in [-0.25, -0.2) is 14.6 Å². The van der Waals surface area contributed by atoms with Crippen molar-refractivity contribution in [2.45, 2.75) is 32.6 Å². The van der Waals surface area contributed by atoms with E-state index in [1.54, 1.807) is 42.0 Å². The molecule has 0 bridgehead atoms. The number of ether oxygens (including phenoxy) is 2. The highest BCUT2D eigenvalue weighted by Gasteiger charge is 2.40. The van der Waals surface area contributed by atoms with Gasteiger partial charge in [-0.1, -0.05) is 86.1 Å². The Balaban J connectivity index is 1.30. The van der Waals surface area contributed by atoms with Crippen molar-refractivity contribution in [1.29, 1.82) is 5.26 Å². The van der Waals surface area contributed by atoms with Crippen LogP contribution in [0.2, 0.25) is 5.15 Å². The number of aryl methyl sites for hydroxylation is 1. The number of hydrogen-bond donors (Lipinski definition) is 0. The average Bonchev–Trinajstić information content (AvgIpc) is 3.77. The lowest BCUT2D eigenvalue weighted by Crippen LogP contribution is -2.32. The molecule has 0 spiro atoms. The Bertz CT molecular complexity index is 2340. The number of carbonyl (C=O) groups excluding carboxylic acids is 1. The maximum absolute atomic E-state index is 14.3. The minimum atomic E-state index is -0.323. The van der Waals surface area contributed by atoms with Gasteiger partial charge < -0.3 is 9.47 Å². The summed E-state index contributed by atoms with van der Waals surface area (Å²) in [7, 11) is 3.14. The fourth-order valence-electron chi connectivity index (χ4n) is 6.49. The first-order valence-electron chi connectivity index (χ1n) is 16.3. The van der Waals surface area contributed by atoms with Gasteiger partial charge in [-0.2, -0.15) is 10.4 Å². The predicted molar refractivity (Wildman–Crippen MR) is 205 cm³/mol. The quantitative estimate of drug-likeness (QED) is 0.150. The molecular weight excluding hydrogens is 678 g/mol. The van der Waals surface area contributed by atoms with Crippen LogP contribution in [0.15, 0.2) is 101 Å². The molecule has 0 N–H and O–H groups in total. The number of rotatable bonds is 8. The number of aromatic nitrogens is 2. The number of fused-ring (bicyclic) bond motifs is 1. The number of aliphatic imine (C=N–C) groups is 1. The SMILES string of the molecule is COc1ccc(/C=C2/N=C(c3ccccc3)N(c3sc4c(c3C#N)C=C(/C=C\c3c(C)nn(-c5ccccc5)c3Cl)CC4(C)C)C2=O)cc1OC. The van der Waals surface area contributed by atoms with Crippen molar-refractivity contribution in [2.24, 2.45) is 4.99 Å². The zero-order valence-electron chi connectivity index (χ0n) is 28.8. The molecule has 0 unspecified atom stereocenters. The van der Waals surface area contributed by atoms with E-state index in [0.717, 1.165) is 50.5 Å². The fraction of sp³-hybridized carbons (Fsp3) is 0.171. The molecule has 0 radical (unpaired) electrons. The standard InChI is InChI=1S/C41H34ClN5O3S/c1-25-30(37(42)47(45-25)29-14-10-7-11-15-29)18-16-27-20-31-32(24-43)40(51-36(31)41(2,3)23-27)46-38(28-12-8-6-9-13-28)44-33(39(46)48)21-26-17-19-34(49-4)35(22-26)50-5/h6-22H,23H2,1-5H3/b18-16-,33-21+. The molecule has 51 heavy (non-hydrogen) atoms. The van der Waals surface area contributed by atoms with Gasteiger partial charge in [0, 0.05) is 27.0 Å². The molecule has 0 fully saturated rings. The number of amides is 1. The Hall–Kier alpha value is -5.69. The van der Waals surface area contributed by atoms with Gasteiger partial charge in [0.25, 0.3) is 5.91 Å². The Kier molecular flexibility index (Phi) is 8.98. The van der Waals surface area contributed by atoms with Crippen LogP contribution in [0.1, 0.15) is 58.7 Å². The first-order chi connectivity index (χ1) is 24.6. The van der Waals surface area contributed by atoms with Crippen molar-refractivity contribution in [3.05, 3.63) is 140 Å². The summed E-state index contributed by atoms with van der Waals surface area (Å²) >= 11 is 8.30. The van der Waals surface area contributed by atoms with E-state index in [-0.39, 0.29) is 17.0 Å². The van der Waals surface area contributed by atoms with Crippen molar-refractivity contribution in [3.8, 4) is 23.3 Å². The Morgan fingerprint density at radius 3 is 2.37 bits per heavy atom. The third-order valence-corrected chi connectivity index (χ3v) is 10.9. The van der Waals surface area contributed by atoms with E-state index in [1.165, 1.54) is 11.3 Å². The molecule has 7 rings (SSSR count). The van der Waals surface area contributed by atoms with E-state index in [2.05, 4.69) is 37.2 Å². The highest BCUT2D eigenvalue weighted by molar-refractivity contribution is 7.17. The van der Waals surface area contributed by atoms with Crippen LogP contribution in [0.25, 0.3) is 23.9 Å². The largest absolute Gasteiger partial charge is 0.493 e. The Labute approximate surface area is 305 Å². The van der Waals surface area contributed by atoms with Crippen molar-refractivity contribution >= 4 is 57.9 Å². The molecular formula is C41H34ClN5O3S. The summed E-state index contributed by atoms with van der Waals surface area (Å²) in [5.74, 6) is 1.27. The predicted octanol–water partition coefficient (Wildman–Crippen LogP) is 9.40. The summed E-state index contributed by atoms with van der Waals surface area (Å²) in [5.41, 5.74) is 6.22. The summed E-state index contributed by atoms with van der Waals surface area (Å²) in [5, 5.41) is 16.4. The van der Waals surface area contributed by atoms with E-state index >= 15 is 0 Å². The van der Waals surface area contributed by atoms with Crippen LogP contribution in [-0.2, 0) is 10.2 Å². The highest BCUT2D eigenvalue weighted by Crippen LogP contribution is 2.50. The molecule has 2 aromatic heterocycles. The molecule has 5 aromatic rings. The number of amidine groups is 1. The number of allylic oxidation sites excluding steroid dienone is 2. The lowest BCUT2D eigenvalue weighted by Gasteiger charge is -2.29. The van der Waals surface area contributed by atoms with E-state index in [1.807, 2.05) is 79.7 Å². The highest BCUT2D eigenvalue weighted by atomic mass is 35.5. The van der Waals surface area contributed by atoms with Gasteiger partial charge >= 0.3 is 0 Å². The van der Waals surface area contributed by atoms with Crippen LogP contribution in [0, 0.1) is 18.3 Å². The monoisotopic (exact) mass is 711 g/mol. The number of anilines is 1. The van der Waals surface area contributed by atoms with Crippen molar-refractivity contribution in [2.75, 3.05) is 19.1 Å². The van der Waals surface area contributed by atoms with E-state index < -0.39 is 0 Å². The number of benzene rings is 3. The summed E-state index contributed by atoms with van der Waals surface area (Å²) in [4.78, 5) is 21.8. The second kappa shape index (κ2) is 13.6. The summed E-state index contributed by atoms with van der Waals surface area (Å²) in [6.07, 6.45) is 8.55. The molecule has 3 aromatic carbocycles. The average molecular weight is 712 g/mol. The van der Waals surface area contributed by atoms with Gasteiger partial charge in [-0.05, 0) is 67.0 Å². The molecule has 254 valence electrons. The Morgan fingerprint density at radius 1 is 0.980 bits per heavy atom. The second-order valence-corrected chi connectivity index (χ2v) is 14.2. The summed E-state index contributed by atoms with van der Waals surface area (Å²) in [6, 6.07) is 27.2. The molecule has 1 amide bonds. The van der Waals surface area contributed by atoms with Gasteiger partial charge in [0.15, 0.2) is 11.5 Å². The number of carbonyl (C=O) groups is 1. The molecule has 10 heteroatoms. The van der Waals surface area contributed by atoms with E-state index in [4.69, 9.17) is 26.1 Å². The number of nitrogens with zero attached hydrogens (tertiary/aromatic N) is 5. The van der Waals surface area contributed by atoms with Gasteiger partial charge in [-0.3, -0.25) is 4.79 Å². The van der Waals surface area contributed by atoms with Gasteiger partial charge in [0.05, 0.1) is 31.2 Å². The minimum Gasteiger partial charge on any atom is -0.493 e. The maximum atomic E-state index is 14.3. The van der Waals surface area contributed by atoms with E-state index in [0.29, 0.717) is 33.1 Å². The Morgan fingerprint density at radius 2 is 1.69 bits per heavy atom. The molecule has 8 nitrogen and oxygen atoms in total. The molecule has 0 saturated carbocycles. The zero-order valence-corrected chi connectivity index (χ0v) is 30.3. The topological polar surface area (TPSA) is 92.7 Å². The molecule has 1 aliphatic carbocycles. The molecule has 0 atom stereocenters. The van der Waals surface area contributed by atoms with E-state index in [9.17, 15) is 10.1 Å². The number of halogens is 1.